The Kier molecular flexibility index (Phi) is 5.52. The van der Waals surface area contributed by atoms with Crippen LogP contribution in [0, 0.1) is 0 Å². The minimum absolute atomic E-state index is 0.293. The quantitative estimate of drug-likeness (QED) is 0.682. The summed E-state index contributed by atoms with van der Waals surface area (Å²) in [7, 11) is -1.68. The summed E-state index contributed by atoms with van der Waals surface area (Å²) in [5.74, 6) is -0.896. The van der Waals surface area contributed by atoms with Crippen molar-refractivity contribution in [2.75, 3.05) is 30.8 Å². The fourth-order valence-corrected chi connectivity index (χ4v) is 4.53. The SMILES string of the molecule is CN(Cc1ccsc1)C(=O)COC(=O)c1ccc2c(c1)CCN2S(C)(=O)=O. The van der Waals surface area contributed by atoms with Crippen LogP contribution >= 0.6 is 11.3 Å². The van der Waals surface area contributed by atoms with E-state index in [-0.39, 0.29) is 12.5 Å². The Labute approximate surface area is 162 Å². The highest BCUT2D eigenvalue weighted by Crippen LogP contribution is 2.30. The second-order valence-electron chi connectivity index (χ2n) is 6.39. The van der Waals surface area contributed by atoms with E-state index in [1.54, 1.807) is 30.5 Å². The van der Waals surface area contributed by atoms with E-state index in [0.29, 0.717) is 30.8 Å². The van der Waals surface area contributed by atoms with Gasteiger partial charge in [0.2, 0.25) is 10.0 Å². The number of carbonyl (C=O) groups excluding carboxylic acids is 2. The molecule has 0 saturated carbocycles. The van der Waals surface area contributed by atoms with Crippen LogP contribution in [0.3, 0.4) is 0 Å². The van der Waals surface area contributed by atoms with Gasteiger partial charge in [-0.05, 0) is 52.6 Å². The number of esters is 1. The number of ether oxygens (including phenoxy) is 1. The number of hydrogen-bond donors (Lipinski definition) is 0. The fraction of sp³-hybridized carbons (Fsp3) is 0.333. The smallest absolute Gasteiger partial charge is 0.338 e. The second kappa shape index (κ2) is 7.69. The van der Waals surface area contributed by atoms with Crippen molar-refractivity contribution in [3.05, 3.63) is 51.7 Å². The molecule has 1 amide bonds. The van der Waals surface area contributed by atoms with Crippen molar-refractivity contribution in [2.45, 2.75) is 13.0 Å². The lowest BCUT2D eigenvalue weighted by atomic mass is 10.1. The molecule has 0 N–H and O–H groups in total. The van der Waals surface area contributed by atoms with E-state index in [1.165, 1.54) is 15.3 Å². The van der Waals surface area contributed by atoms with Crippen molar-refractivity contribution in [1.82, 2.24) is 4.90 Å². The minimum atomic E-state index is -3.33. The Morgan fingerprint density at radius 2 is 2.07 bits per heavy atom. The normalized spacial score (nSPS) is 13.3. The van der Waals surface area contributed by atoms with Crippen molar-refractivity contribution < 1.29 is 22.7 Å². The number of hydrogen-bond acceptors (Lipinski definition) is 6. The first kappa shape index (κ1) is 19.4. The molecule has 27 heavy (non-hydrogen) atoms. The molecule has 7 nitrogen and oxygen atoms in total. The van der Waals surface area contributed by atoms with Gasteiger partial charge in [0.05, 0.1) is 17.5 Å². The molecule has 0 unspecified atom stereocenters. The van der Waals surface area contributed by atoms with Gasteiger partial charge in [-0.2, -0.15) is 11.3 Å². The van der Waals surface area contributed by atoms with Gasteiger partial charge in [-0.25, -0.2) is 13.2 Å². The van der Waals surface area contributed by atoms with Crippen LogP contribution in [0.25, 0.3) is 0 Å². The molecule has 0 bridgehead atoms. The number of sulfonamides is 1. The maximum absolute atomic E-state index is 12.2. The summed E-state index contributed by atoms with van der Waals surface area (Å²) in [6.45, 7) is 0.477. The molecule has 0 radical (unpaired) electrons. The van der Waals surface area contributed by atoms with Gasteiger partial charge in [-0.1, -0.05) is 0 Å². The summed E-state index contributed by atoms with van der Waals surface area (Å²) in [6, 6.07) is 6.68. The average Bonchev–Trinajstić information content (AvgIpc) is 3.27. The number of nitrogens with zero attached hydrogens (tertiary/aromatic N) is 2. The first-order valence-electron chi connectivity index (χ1n) is 8.28. The third-order valence-corrected chi connectivity index (χ3v) is 6.23. The average molecular weight is 409 g/mol. The van der Waals surface area contributed by atoms with Gasteiger partial charge in [0.25, 0.3) is 5.91 Å². The van der Waals surface area contributed by atoms with Crippen molar-refractivity contribution in [1.29, 1.82) is 0 Å². The molecule has 2 aromatic rings. The van der Waals surface area contributed by atoms with Crippen LogP contribution in [-0.4, -0.2) is 51.6 Å². The summed E-state index contributed by atoms with van der Waals surface area (Å²) in [4.78, 5) is 25.9. The van der Waals surface area contributed by atoms with Crippen molar-refractivity contribution in [3.8, 4) is 0 Å². The molecule has 144 valence electrons. The number of carbonyl (C=O) groups is 2. The lowest BCUT2D eigenvalue weighted by Crippen LogP contribution is -2.30. The highest BCUT2D eigenvalue weighted by Gasteiger charge is 2.27. The standard InChI is InChI=1S/C18H20N2O5S2/c1-19(10-13-6-8-26-12-13)17(21)11-25-18(22)15-3-4-16-14(9-15)5-7-20(16)27(2,23)24/h3-4,6,8-9,12H,5,7,10-11H2,1-2H3. The molecule has 1 aliphatic rings. The maximum Gasteiger partial charge on any atom is 0.338 e. The molecule has 0 aliphatic carbocycles. The van der Waals surface area contributed by atoms with Crippen molar-refractivity contribution >= 4 is 38.9 Å². The van der Waals surface area contributed by atoms with Crippen LogP contribution in [0.15, 0.2) is 35.0 Å². The Balaban J connectivity index is 1.60. The van der Waals surface area contributed by atoms with Crippen LogP contribution in [0.2, 0.25) is 0 Å². The second-order valence-corrected chi connectivity index (χ2v) is 9.07. The van der Waals surface area contributed by atoms with E-state index in [0.717, 1.165) is 17.4 Å². The molecular weight excluding hydrogens is 388 g/mol. The molecule has 0 spiro atoms. The molecule has 0 atom stereocenters. The summed E-state index contributed by atoms with van der Waals surface area (Å²) in [5.41, 5.74) is 2.69. The summed E-state index contributed by atoms with van der Waals surface area (Å²) in [5, 5.41) is 3.90. The predicted molar refractivity (Wildman–Crippen MR) is 103 cm³/mol. The lowest BCUT2D eigenvalue weighted by Gasteiger charge is -2.17. The van der Waals surface area contributed by atoms with E-state index in [1.807, 2.05) is 16.8 Å². The number of amides is 1. The third kappa shape index (κ3) is 4.48. The van der Waals surface area contributed by atoms with Gasteiger partial charge in [-0.3, -0.25) is 9.10 Å². The largest absolute Gasteiger partial charge is 0.452 e. The summed E-state index contributed by atoms with van der Waals surface area (Å²) < 4.78 is 30.0. The molecule has 1 aromatic heterocycles. The number of likely N-dealkylation sites (N-methyl/N-ethyl adjacent to an activating group) is 1. The summed E-state index contributed by atoms with van der Waals surface area (Å²) in [6.07, 6.45) is 1.69. The zero-order chi connectivity index (χ0) is 19.6. The van der Waals surface area contributed by atoms with E-state index < -0.39 is 16.0 Å². The highest BCUT2D eigenvalue weighted by molar-refractivity contribution is 7.92. The van der Waals surface area contributed by atoms with Crippen LogP contribution in [-0.2, 0) is 32.5 Å². The van der Waals surface area contributed by atoms with Crippen molar-refractivity contribution in [3.63, 3.8) is 0 Å². The van der Waals surface area contributed by atoms with E-state index >= 15 is 0 Å². The molecule has 1 aromatic carbocycles. The van der Waals surface area contributed by atoms with Gasteiger partial charge >= 0.3 is 5.97 Å². The van der Waals surface area contributed by atoms with Crippen LogP contribution in [0.4, 0.5) is 5.69 Å². The maximum atomic E-state index is 12.2. The monoisotopic (exact) mass is 408 g/mol. The molecule has 2 heterocycles. The fourth-order valence-electron chi connectivity index (χ4n) is 2.91. The Morgan fingerprint density at radius 1 is 1.30 bits per heavy atom. The molecule has 0 fully saturated rings. The van der Waals surface area contributed by atoms with Gasteiger partial charge in [0.1, 0.15) is 0 Å². The third-order valence-electron chi connectivity index (χ3n) is 4.32. The van der Waals surface area contributed by atoms with Crippen LogP contribution < -0.4 is 4.31 Å². The van der Waals surface area contributed by atoms with E-state index in [2.05, 4.69) is 0 Å². The highest BCUT2D eigenvalue weighted by atomic mass is 32.2. The predicted octanol–water partition coefficient (Wildman–Crippen LogP) is 1.89. The number of fused-ring (bicyclic) bond motifs is 1. The Morgan fingerprint density at radius 3 is 2.74 bits per heavy atom. The Hall–Kier alpha value is -2.39. The summed E-state index contributed by atoms with van der Waals surface area (Å²) >= 11 is 1.56. The number of anilines is 1. The molecule has 3 rings (SSSR count). The minimum Gasteiger partial charge on any atom is -0.452 e. The zero-order valence-corrected chi connectivity index (χ0v) is 16.7. The van der Waals surface area contributed by atoms with Crippen LogP contribution in [0.5, 0.6) is 0 Å². The van der Waals surface area contributed by atoms with Gasteiger partial charge in [0, 0.05) is 20.1 Å². The molecule has 1 aliphatic heterocycles. The Bertz CT molecular complexity index is 954. The van der Waals surface area contributed by atoms with Gasteiger partial charge in [-0.15, -0.1) is 0 Å². The van der Waals surface area contributed by atoms with E-state index in [4.69, 9.17) is 4.74 Å². The van der Waals surface area contributed by atoms with Crippen LogP contribution in [0.1, 0.15) is 21.5 Å². The zero-order valence-electron chi connectivity index (χ0n) is 15.0. The van der Waals surface area contributed by atoms with Crippen molar-refractivity contribution in [2.24, 2.45) is 0 Å². The topological polar surface area (TPSA) is 84.0 Å². The van der Waals surface area contributed by atoms with E-state index in [9.17, 15) is 18.0 Å². The number of thiophene rings is 1. The molecule has 0 saturated heterocycles. The lowest BCUT2D eigenvalue weighted by molar-refractivity contribution is -0.133. The number of benzene rings is 1. The van der Waals surface area contributed by atoms with Gasteiger partial charge < -0.3 is 9.64 Å². The molecule has 9 heteroatoms. The number of rotatable bonds is 6. The first-order valence-corrected chi connectivity index (χ1v) is 11.1. The van der Waals surface area contributed by atoms with Gasteiger partial charge in [0.15, 0.2) is 6.61 Å². The first-order chi connectivity index (χ1) is 12.8. The molecular formula is C18H20N2O5S2.